The monoisotopic (exact) mass is 348 g/mol. The van der Waals surface area contributed by atoms with E-state index in [9.17, 15) is 9.59 Å². The van der Waals surface area contributed by atoms with Gasteiger partial charge in [-0.1, -0.05) is 38.8 Å². The van der Waals surface area contributed by atoms with Gasteiger partial charge in [-0.2, -0.15) is 0 Å². The van der Waals surface area contributed by atoms with Gasteiger partial charge < -0.3 is 15.0 Å². The van der Waals surface area contributed by atoms with Gasteiger partial charge in [0.1, 0.15) is 11.8 Å². The van der Waals surface area contributed by atoms with Crippen LogP contribution in [0.1, 0.15) is 58.4 Å². The molecule has 0 aliphatic rings. The normalized spacial score (nSPS) is 11.7. The van der Waals surface area contributed by atoms with Crippen LogP contribution in [0.2, 0.25) is 0 Å². The SMILES string of the molecule is CCCCCNC(=O)[C@H](C)N(Cc1ccc(OC)cc1)C(=O)CCC. The van der Waals surface area contributed by atoms with E-state index in [1.54, 1.807) is 18.9 Å². The molecule has 0 aromatic heterocycles. The molecule has 0 saturated carbocycles. The van der Waals surface area contributed by atoms with Gasteiger partial charge in [-0.05, 0) is 37.5 Å². The molecule has 5 nitrogen and oxygen atoms in total. The first kappa shape index (κ1) is 21.0. The number of rotatable bonds is 11. The molecule has 5 heteroatoms. The Labute approximate surface area is 151 Å². The fourth-order valence-electron chi connectivity index (χ4n) is 2.60. The van der Waals surface area contributed by atoms with Crippen LogP contribution < -0.4 is 10.1 Å². The highest BCUT2D eigenvalue weighted by Crippen LogP contribution is 2.16. The zero-order valence-corrected chi connectivity index (χ0v) is 16.0. The van der Waals surface area contributed by atoms with E-state index in [1.165, 1.54) is 0 Å². The van der Waals surface area contributed by atoms with E-state index in [1.807, 2.05) is 31.2 Å². The van der Waals surface area contributed by atoms with Gasteiger partial charge in [0, 0.05) is 19.5 Å². The topological polar surface area (TPSA) is 58.6 Å². The van der Waals surface area contributed by atoms with Gasteiger partial charge in [-0.15, -0.1) is 0 Å². The third kappa shape index (κ3) is 7.16. The molecule has 1 N–H and O–H groups in total. The van der Waals surface area contributed by atoms with Crippen molar-refractivity contribution in [2.75, 3.05) is 13.7 Å². The first-order chi connectivity index (χ1) is 12.0. The summed E-state index contributed by atoms with van der Waals surface area (Å²) in [5, 5.41) is 2.95. The summed E-state index contributed by atoms with van der Waals surface area (Å²) in [6.45, 7) is 6.98. The molecular weight excluding hydrogens is 316 g/mol. The highest BCUT2D eigenvalue weighted by atomic mass is 16.5. The molecule has 140 valence electrons. The van der Waals surface area contributed by atoms with Crippen LogP contribution in [0.4, 0.5) is 0 Å². The van der Waals surface area contributed by atoms with Crippen molar-refractivity contribution in [2.45, 2.75) is 65.5 Å². The Morgan fingerprint density at radius 3 is 2.36 bits per heavy atom. The Morgan fingerprint density at radius 1 is 1.12 bits per heavy atom. The second kappa shape index (κ2) is 11.5. The predicted molar refractivity (Wildman–Crippen MR) is 100 cm³/mol. The number of nitrogens with one attached hydrogen (secondary N) is 1. The maximum absolute atomic E-state index is 12.5. The average Bonchev–Trinajstić information content (AvgIpc) is 2.63. The van der Waals surface area contributed by atoms with E-state index in [0.29, 0.717) is 19.5 Å². The van der Waals surface area contributed by atoms with E-state index in [4.69, 9.17) is 4.74 Å². The van der Waals surface area contributed by atoms with E-state index in [0.717, 1.165) is 37.0 Å². The summed E-state index contributed by atoms with van der Waals surface area (Å²) in [4.78, 5) is 26.6. The van der Waals surface area contributed by atoms with E-state index in [2.05, 4.69) is 12.2 Å². The second-order valence-corrected chi connectivity index (χ2v) is 6.29. The van der Waals surface area contributed by atoms with Crippen LogP contribution in [-0.4, -0.2) is 36.4 Å². The minimum absolute atomic E-state index is 0.00882. The number of amides is 2. The molecule has 0 saturated heterocycles. The number of hydrogen-bond acceptors (Lipinski definition) is 3. The zero-order chi connectivity index (χ0) is 18.7. The molecule has 0 aliphatic heterocycles. The van der Waals surface area contributed by atoms with Gasteiger partial charge in [-0.3, -0.25) is 9.59 Å². The maximum atomic E-state index is 12.5. The minimum Gasteiger partial charge on any atom is -0.497 e. The number of carbonyl (C=O) groups is 2. The van der Waals surface area contributed by atoms with Gasteiger partial charge in [-0.25, -0.2) is 0 Å². The smallest absolute Gasteiger partial charge is 0.242 e. The van der Waals surface area contributed by atoms with Gasteiger partial charge in [0.2, 0.25) is 11.8 Å². The van der Waals surface area contributed by atoms with Crippen LogP contribution >= 0.6 is 0 Å². The van der Waals surface area contributed by atoms with Crippen molar-refractivity contribution in [2.24, 2.45) is 0 Å². The molecule has 0 unspecified atom stereocenters. The minimum atomic E-state index is -0.484. The molecule has 0 aliphatic carbocycles. The lowest BCUT2D eigenvalue weighted by Crippen LogP contribution is -2.47. The van der Waals surface area contributed by atoms with Crippen LogP contribution in [0.25, 0.3) is 0 Å². The molecule has 0 radical (unpaired) electrons. The predicted octanol–water partition coefficient (Wildman–Crippen LogP) is 3.52. The van der Waals surface area contributed by atoms with E-state index < -0.39 is 6.04 Å². The Hall–Kier alpha value is -2.04. The van der Waals surface area contributed by atoms with Crippen LogP contribution in [0, 0.1) is 0 Å². The Kier molecular flexibility index (Phi) is 9.66. The lowest BCUT2D eigenvalue weighted by molar-refractivity contribution is -0.140. The standard InChI is InChI=1S/C20H32N2O3/c1-5-7-8-14-21-20(24)16(3)22(19(23)9-6-2)15-17-10-12-18(25-4)13-11-17/h10-13,16H,5-9,14-15H2,1-4H3,(H,21,24)/t16-/m0/s1. The lowest BCUT2D eigenvalue weighted by Gasteiger charge is -2.29. The number of carbonyl (C=O) groups excluding carboxylic acids is 2. The lowest BCUT2D eigenvalue weighted by atomic mass is 10.1. The third-order valence-corrected chi connectivity index (χ3v) is 4.22. The third-order valence-electron chi connectivity index (χ3n) is 4.22. The Balaban J connectivity index is 2.76. The van der Waals surface area contributed by atoms with Crippen LogP contribution in [0.3, 0.4) is 0 Å². The van der Waals surface area contributed by atoms with Gasteiger partial charge >= 0.3 is 0 Å². The van der Waals surface area contributed by atoms with Crippen molar-refractivity contribution < 1.29 is 14.3 Å². The molecule has 1 aromatic rings. The molecule has 2 amide bonds. The van der Waals surface area contributed by atoms with Gasteiger partial charge in [0.25, 0.3) is 0 Å². The first-order valence-corrected chi connectivity index (χ1v) is 9.23. The quantitative estimate of drug-likeness (QED) is 0.623. The highest BCUT2D eigenvalue weighted by Gasteiger charge is 2.25. The fourth-order valence-corrected chi connectivity index (χ4v) is 2.60. The second-order valence-electron chi connectivity index (χ2n) is 6.29. The van der Waals surface area contributed by atoms with Crippen molar-refractivity contribution in [1.29, 1.82) is 0 Å². The summed E-state index contributed by atoms with van der Waals surface area (Å²) in [6, 6.07) is 7.11. The number of ether oxygens (including phenoxy) is 1. The van der Waals surface area contributed by atoms with E-state index in [-0.39, 0.29) is 11.8 Å². The molecule has 1 atom stereocenters. The maximum Gasteiger partial charge on any atom is 0.242 e. The van der Waals surface area contributed by atoms with E-state index >= 15 is 0 Å². The van der Waals surface area contributed by atoms with Crippen molar-refractivity contribution in [3.05, 3.63) is 29.8 Å². The molecular formula is C20H32N2O3. The zero-order valence-electron chi connectivity index (χ0n) is 16.0. The molecule has 25 heavy (non-hydrogen) atoms. The summed E-state index contributed by atoms with van der Waals surface area (Å²) in [5.74, 6) is 0.695. The Bertz CT molecular complexity index is 528. The van der Waals surface area contributed by atoms with Crippen LogP contribution in [0.15, 0.2) is 24.3 Å². The van der Waals surface area contributed by atoms with Gasteiger partial charge in [0.15, 0.2) is 0 Å². The number of unbranched alkanes of at least 4 members (excludes halogenated alkanes) is 2. The van der Waals surface area contributed by atoms with Gasteiger partial charge in [0.05, 0.1) is 7.11 Å². The number of benzene rings is 1. The summed E-state index contributed by atoms with van der Waals surface area (Å²) >= 11 is 0. The largest absolute Gasteiger partial charge is 0.497 e. The van der Waals surface area contributed by atoms with Crippen molar-refractivity contribution in [3.8, 4) is 5.75 Å². The van der Waals surface area contributed by atoms with Crippen molar-refractivity contribution >= 4 is 11.8 Å². The fraction of sp³-hybridized carbons (Fsp3) is 0.600. The highest BCUT2D eigenvalue weighted by molar-refractivity contribution is 5.87. The summed E-state index contributed by atoms with van der Waals surface area (Å²) in [5.41, 5.74) is 0.982. The van der Waals surface area contributed by atoms with Crippen molar-refractivity contribution in [3.63, 3.8) is 0 Å². The number of methoxy groups -OCH3 is 1. The summed E-state index contributed by atoms with van der Waals surface area (Å²) < 4.78 is 5.17. The number of nitrogens with zero attached hydrogens (tertiary/aromatic N) is 1. The number of hydrogen-bond donors (Lipinski definition) is 1. The van der Waals surface area contributed by atoms with Crippen molar-refractivity contribution in [1.82, 2.24) is 10.2 Å². The average molecular weight is 348 g/mol. The molecule has 1 rings (SSSR count). The molecule has 0 fully saturated rings. The summed E-state index contributed by atoms with van der Waals surface area (Å²) in [7, 11) is 1.62. The Morgan fingerprint density at radius 2 is 1.80 bits per heavy atom. The van der Waals surface area contributed by atoms with Crippen LogP contribution in [0.5, 0.6) is 5.75 Å². The molecule has 1 aromatic carbocycles. The van der Waals surface area contributed by atoms with Crippen LogP contribution in [-0.2, 0) is 16.1 Å². The molecule has 0 bridgehead atoms. The molecule has 0 heterocycles. The first-order valence-electron chi connectivity index (χ1n) is 9.23. The summed E-state index contributed by atoms with van der Waals surface area (Å²) in [6.07, 6.45) is 4.39. The molecule has 0 spiro atoms.